The number of aliphatic hydroxyl groups is 1. The summed E-state index contributed by atoms with van der Waals surface area (Å²) in [7, 11) is -0.223. The summed E-state index contributed by atoms with van der Waals surface area (Å²) in [6, 6.07) is 0. The molecule has 0 rings (SSSR count). The van der Waals surface area contributed by atoms with Crippen LogP contribution in [0.15, 0.2) is 0 Å². The van der Waals surface area contributed by atoms with Crippen molar-refractivity contribution in [3.63, 3.8) is 0 Å². The van der Waals surface area contributed by atoms with Crippen LogP contribution in [0.4, 0.5) is 0 Å². The van der Waals surface area contributed by atoms with Crippen molar-refractivity contribution >= 4 is 39.7 Å². The van der Waals surface area contributed by atoms with E-state index in [0.29, 0.717) is 0 Å². The van der Waals surface area contributed by atoms with Gasteiger partial charge in [0.1, 0.15) is 5.75 Å². The van der Waals surface area contributed by atoms with Crippen molar-refractivity contribution in [1.29, 1.82) is 0 Å². The molecule has 0 heterocycles. The van der Waals surface area contributed by atoms with Crippen molar-refractivity contribution in [2.45, 2.75) is 13.0 Å². The Hall–Kier alpha value is 0.830. The average molecular weight is 209 g/mol. The molecule has 0 amide bonds. The molecular formula is C5H16NNaO4S. The molecule has 0 bridgehead atoms. The maximum atomic E-state index is 9.84. The zero-order valence-corrected chi connectivity index (χ0v) is 7.72. The van der Waals surface area contributed by atoms with Crippen LogP contribution in [0.3, 0.4) is 0 Å². The average Bonchev–Trinajstić information content (AvgIpc) is 1.57. The first kappa shape index (κ1) is 18.6. The van der Waals surface area contributed by atoms with Gasteiger partial charge in [0.05, 0.1) is 6.10 Å². The molecule has 0 aliphatic rings. The summed E-state index contributed by atoms with van der Waals surface area (Å²) < 4.78 is 27.7. The summed E-state index contributed by atoms with van der Waals surface area (Å²) in [6.45, 7) is 1.29. The molecular weight excluding hydrogens is 193 g/mol. The molecule has 3 N–H and O–H groups in total. The van der Waals surface area contributed by atoms with E-state index in [-0.39, 0.29) is 29.6 Å². The first-order valence-corrected chi connectivity index (χ1v) is 4.66. The predicted molar refractivity (Wildman–Crippen MR) is 50.2 cm³/mol. The maximum absolute atomic E-state index is 9.84. The molecule has 5 nitrogen and oxygen atoms in total. The van der Waals surface area contributed by atoms with Gasteiger partial charge in [-0.05, 0) is 21.0 Å². The SMILES string of the molecule is CC(O)CS(=O)(=O)O.CNC.[NaH]. The van der Waals surface area contributed by atoms with E-state index >= 15 is 0 Å². The van der Waals surface area contributed by atoms with E-state index in [1.54, 1.807) is 0 Å². The van der Waals surface area contributed by atoms with Crippen molar-refractivity contribution in [2.24, 2.45) is 0 Å². The standard InChI is InChI=1S/C3H8O4S.C2H7N.Na.H/c1-3(4)2-8(5,6)7;1-3-2;;/h3-4H,2H2,1H3,(H,5,6,7);3H,1-2H3;;. The zero-order chi connectivity index (χ0) is 9.49. The normalized spacial score (nSPS) is 12.1. The van der Waals surface area contributed by atoms with Gasteiger partial charge in [-0.1, -0.05) is 0 Å². The van der Waals surface area contributed by atoms with Gasteiger partial charge in [0, 0.05) is 0 Å². The molecule has 72 valence electrons. The molecule has 0 aromatic heterocycles. The van der Waals surface area contributed by atoms with E-state index in [0.717, 1.165) is 0 Å². The quantitative estimate of drug-likeness (QED) is 0.378. The van der Waals surface area contributed by atoms with Gasteiger partial charge in [0.2, 0.25) is 0 Å². The van der Waals surface area contributed by atoms with Crippen LogP contribution in [0.1, 0.15) is 6.92 Å². The van der Waals surface area contributed by atoms with E-state index < -0.39 is 22.0 Å². The number of hydrogen-bond acceptors (Lipinski definition) is 4. The van der Waals surface area contributed by atoms with E-state index in [4.69, 9.17) is 9.66 Å². The third-order valence-electron chi connectivity index (χ3n) is 0.452. The number of aliphatic hydroxyl groups excluding tert-OH is 1. The Kier molecular flexibility index (Phi) is 15.4. The molecule has 0 radical (unpaired) electrons. The topological polar surface area (TPSA) is 86.6 Å². The summed E-state index contributed by atoms with van der Waals surface area (Å²) in [6.07, 6.45) is -0.995. The van der Waals surface area contributed by atoms with E-state index in [2.05, 4.69) is 5.32 Å². The van der Waals surface area contributed by atoms with Gasteiger partial charge >= 0.3 is 29.6 Å². The van der Waals surface area contributed by atoms with E-state index in [1.165, 1.54) is 6.92 Å². The first-order valence-electron chi connectivity index (χ1n) is 3.05. The second-order valence-electron chi connectivity index (χ2n) is 2.10. The summed E-state index contributed by atoms with van der Waals surface area (Å²) in [4.78, 5) is 0. The molecule has 12 heavy (non-hydrogen) atoms. The molecule has 0 spiro atoms. The Morgan fingerprint density at radius 2 is 1.67 bits per heavy atom. The molecule has 0 saturated carbocycles. The van der Waals surface area contributed by atoms with Crippen LogP contribution in [-0.4, -0.2) is 73.6 Å². The minimum atomic E-state index is -3.97. The third-order valence-corrected chi connectivity index (χ3v) is 1.36. The van der Waals surface area contributed by atoms with E-state index in [9.17, 15) is 8.42 Å². The van der Waals surface area contributed by atoms with Crippen LogP contribution >= 0.6 is 0 Å². The molecule has 0 saturated heterocycles. The molecule has 1 unspecified atom stereocenters. The van der Waals surface area contributed by atoms with Crippen LogP contribution in [0.25, 0.3) is 0 Å². The molecule has 0 aromatic rings. The van der Waals surface area contributed by atoms with Gasteiger partial charge in [0.15, 0.2) is 0 Å². The van der Waals surface area contributed by atoms with Gasteiger partial charge in [-0.15, -0.1) is 0 Å². The molecule has 0 fully saturated rings. The number of hydrogen-bond donors (Lipinski definition) is 3. The van der Waals surface area contributed by atoms with Crippen LogP contribution < -0.4 is 5.32 Å². The second-order valence-corrected chi connectivity index (χ2v) is 3.59. The summed E-state index contributed by atoms with van der Waals surface area (Å²) in [5, 5.41) is 11.1. The monoisotopic (exact) mass is 209 g/mol. The Morgan fingerprint density at radius 3 is 1.67 bits per heavy atom. The fraction of sp³-hybridized carbons (Fsp3) is 1.00. The minimum absolute atomic E-state index is 0. The molecule has 0 aromatic carbocycles. The summed E-state index contributed by atoms with van der Waals surface area (Å²) in [5.74, 6) is -0.590. The summed E-state index contributed by atoms with van der Waals surface area (Å²) >= 11 is 0. The summed E-state index contributed by atoms with van der Waals surface area (Å²) in [5.41, 5.74) is 0. The molecule has 0 aliphatic carbocycles. The van der Waals surface area contributed by atoms with Crippen LogP contribution in [-0.2, 0) is 10.1 Å². The molecule has 7 heteroatoms. The van der Waals surface area contributed by atoms with Crippen molar-refractivity contribution < 1.29 is 18.1 Å². The first-order chi connectivity index (χ1) is 4.83. The number of rotatable bonds is 2. The van der Waals surface area contributed by atoms with Crippen molar-refractivity contribution in [3.05, 3.63) is 0 Å². The molecule has 1 atom stereocenters. The van der Waals surface area contributed by atoms with Gasteiger partial charge in [0.25, 0.3) is 10.1 Å². The fourth-order valence-corrected chi connectivity index (χ4v) is 0.914. The second kappa shape index (κ2) is 9.91. The Morgan fingerprint density at radius 1 is 1.42 bits per heavy atom. The fourth-order valence-electron chi connectivity index (χ4n) is 0.305. The third kappa shape index (κ3) is 30.8. The van der Waals surface area contributed by atoms with Crippen LogP contribution in [0, 0.1) is 0 Å². The Labute approximate surface area is 95.6 Å². The molecule has 0 aliphatic heterocycles. The van der Waals surface area contributed by atoms with Crippen LogP contribution in [0.2, 0.25) is 0 Å². The van der Waals surface area contributed by atoms with Gasteiger partial charge in [-0.2, -0.15) is 8.42 Å². The predicted octanol–water partition coefficient (Wildman–Crippen LogP) is -1.56. The van der Waals surface area contributed by atoms with Gasteiger partial charge in [-0.3, -0.25) is 4.55 Å². The van der Waals surface area contributed by atoms with Gasteiger partial charge in [-0.25, -0.2) is 0 Å². The van der Waals surface area contributed by atoms with E-state index in [1.807, 2.05) is 14.1 Å². The number of nitrogens with one attached hydrogen (secondary N) is 1. The van der Waals surface area contributed by atoms with Crippen molar-refractivity contribution in [2.75, 3.05) is 19.8 Å². The Bertz CT molecular complexity index is 168. The van der Waals surface area contributed by atoms with Gasteiger partial charge < -0.3 is 10.4 Å². The van der Waals surface area contributed by atoms with Crippen LogP contribution in [0.5, 0.6) is 0 Å². The zero-order valence-electron chi connectivity index (χ0n) is 6.90. The van der Waals surface area contributed by atoms with Crippen molar-refractivity contribution in [3.8, 4) is 0 Å². The Balaban J connectivity index is -0.000000177. The van der Waals surface area contributed by atoms with Crippen molar-refractivity contribution in [1.82, 2.24) is 5.32 Å².